The molecule has 2 aromatic carbocycles. The van der Waals surface area contributed by atoms with Gasteiger partial charge >= 0.3 is 0 Å². The first kappa shape index (κ1) is 21.2. The van der Waals surface area contributed by atoms with E-state index in [1.165, 1.54) is 5.69 Å². The fraction of sp³-hybridized carbons (Fsp3) is 0.250. The summed E-state index contributed by atoms with van der Waals surface area (Å²) < 4.78 is 0. The highest BCUT2D eigenvalue weighted by Gasteiger charge is 2.15. The average molecular weight is 436 g/mol. The summed E-state index contributed by atoms with van der Waals surface area (Å²) in [4.78, 5) is 20.9. The zero-order valence-corrected chi connectivity index (χ0v) is 18.3. The van der Waals surface area contributed by atoms with Gasteiger partial charge in [0.2, 0.25) is 0 Å². The number of nitrogens with one attached hydrogen (secondary N) is 1. The molecule has 1 aromatic heterocycles. The first-order chi connectivity index (χ1) is 15.0. The average Bonchev–Trinajstić information content (AvgIpc) is 2.76. The van der Waals surface area contributed by atoms with Gasteiger partial charge in [-0.3, -0.25) is 4.79 Å². The molecule has 7 heteroatoms. The van der Waals surface area contributed by atoms with Crippen molar-refractivity contribution in [3.05, 3.63) is 82.6 Å². The minimum absolute atomic E-state index is 0.225. The zero-order chi connectivity index (χ0) is 21.8. The number of hydrogen-bond donors (Lipinski definition) is 2. The molecule has 31 heavy (non-hydrogen) atoms. The number of carbonyl (C=O) groups is 1. The molecule has 0 spiro atoms. The van der Waals surface area contributed by atoms with Crippen molar-refractivity contribution >= 4 is 34.6 Å². The molecule has 4 rings (SSSR count). The van der Waals surface area contributed by atoms with Crippen molar-refractivity contribution in [2.24, 2.45) is 5.73 Å². The molecule has 3 N–H and O–H groups in total. The lowest BCUT2D eigenvalue weighted by Gasteiger charge is -2.34. The van der Waals surface area contributed by atoms with Crippen LogP contribution in [-0.2, 0) is 6.42 Å². The van der Waals surface area contributed by atoms with Crippen LogP contribution in [0.25, 0.3) is 0 Å². The summed E-state index contributed by atoms with van der Waals surface area (Å²) in [7, 11) is 2.15. The fourth-order valence-corrected chi connectivity index (χ4v) is 3.84. The van der Waals surface area contributed by atoms with E-state index in [2.05, 4.69) is 39.3 Å². The van der Waals surface area contributed by atoms with E-state index < -0.39 is 5.91 Å². The van der Waals surface area contributed by atoms with Crippen LogP contribution in [0.2, 0.25) is 5.02 Å². The molecule has 0 bridgehead atoms. The Kier molecular flexibility index (Phi) is 6.39. The third-order valence-electron chi connectivity index (χ3n) is 5.51. The second kappa shape index (κ2) is 9.37. The number of nitrogens with zero attached hydrogens (tertiary/aromatic N) is 3. The Morgan fingerprint density at radius 3 is 2.35 bits per heavy atom. The molecule has 0 atom stereocenters. The highest BCUT2D eigenvalue weighted by atomic mass is 35.5. The van der Waals surface area contributed by atoms with Crippen molar-refractivity contribution in [1.82, 2.24) is 9.88 Å². The summed E-state index contributed by atoms with van der Waals surface area (Å²) in [6.07, 6.45) is 2.37. The maximum Gasteiger partial charge on any atom is 0.269 e. The lowest BCUT2D eigenvalue weighted by atomic mass is 10.1. The molecule has 0 aliphatic carbocycles. The van der Waals surface area contributed by atoms with E-state index in [-0.39, 0.29) is 5.69 Å². The molecule has 1 amide bonds. The number of hydrogen-bond acceptors (Lipinski definition) is 5. The van der Waals surface area contributed by atoms with E-state index in [9.17, 15) is 4.79 Å². The number of aromatic nitrogens is 1. The molecule has 1 aliphatic rings. The standard InChI is InChI=1S/C24H26ClN5O/c1-29-10-12-30(13-11-29)21-8-6-20(7-9-21)28-22-15-18(16-27-23(22)24(26)31)14-17-2-4-19(25)5-3-17/h2-9,15-16,28H,10-14H2,1H3,(H2,26,31). The van der Waals surface area contributed by atoms with E-state index >= 15 is 0 Å². The maximum absolute atomic E-state index is 11.9. The van der Waals surface area contributed by atoms with Crippen LogP contribution in [0.1, 0.15) is 21.6 Å². The van der Waals surface area contributed by atoms with Crippen molar-refractivity contribution in [1.29, 1.82) is 0 Å². The van der Waals surface area contributed by atoms with E-state index in [0.29, 0.717) is 17.1 Å². The van der Waals surface area contributed by atoms with Gasteiger partial charge in [-0.15, -0.1) is 0 Å². The van der Waals surface area contributed by atoms with Gasteiger partial charge in [-0.2, -0.15) is 0 Å². The van der Waals surface area contributed by atoms with E-state index in [1.54, 1.807) is 6.20 Å². The van der Waals surface area contributed by atoms with Crippen LogP contribution >= 0.6 is 11.6 Å². The number of pyridine rings is 1. The third kappa shape index (κ3) is 5.34. The summed E-state index contributed by atoms with van der Waals surface area (Å²) in [5, 5.41) is 4.02. The van der Waals surface area contributed by atoms with Gasteiger partial charge in [-0.05, 0) is 67.1 Å². The summed E-state index contributed by atoms with van der Waals surface area (Å²) in [5.74, 6) is -0.561. The van der Waals surface area contributed by atoms with Gasteiger partial charge in [0.05, 0.1) is 5.69 Å². The summed E-state index contributed by atoms with van der Waals surface area (Å²) in [6.45, 7) is 4.17. The van der Waals surface area contributed by atoms with E-state index in [1.807, 2.05) is 42.5 Å². The van der Waals surface area contributed by atoms with Crippen molar-refractivity contribution < 1.29 is 4.79 Å². The molecule has 2 heterocycles. The largest absolute Gasteiger partial charge is 0.369 e. The van der Waals surface area contributed by atoms with Gasteiger partial charge in [0.15, 0.2) is 5.69 Å². The third-order valence-corrected chi connectivity index (χ3v) is 5.77. The molecule has 0 radical (unpaired) electrons. The second-order valence-electron chi connectivity index (χ2n) is 7.87. The number of benzene rings is 2. The first-order valence-electron chi connectivity index (χ1n) is 10.3. The predicted molar refractivity (Wildman–Crippen MR) is 126 cm³/mol. The Morgan fingerprint density at radius 2 is 1.71 bits per heavy atom. The Morgan fingerprint density at radius 1 is 1.03 bits per heavy atom. The molecule has 3 aromatic rings. The number of likely N-dealkylation sites (N-methyl/N-ethyl adjacent to an activating group) is 1. The van der Waals surface area contributed by atoms with E-state index in [4.69, 9.17) is 17.3 Å². The van der Waals surface area contributed by atoms with Gasteiger partial charge in [0.1, 0.15) is 0 Å². The molecule has 0 unspecified atom stereocenters. The van der Waals surface area contributed by atoms with Crippen LogP contribution in [0.4, 0.5) is 17.1 Å². The maximum atomic E-state index is 11.9. The van der Waals surface area contributed by atoms with Crippen molar-refractivity contribution in [3.8, 4) is 0 Å². The highest BCUT2D eigenvalue weighted by Crippen LogP contribution is 2.25. The van der Waals surface area contributed by atoms with Crippen LogP contribution in [0.15, 0.2) is 60.8 Å². The molecule has 1 saturated heterocycles. The number of anilines is 3. The van der Waals surface area contributed by atoms with Crippen molar-refractivity contribution in [2.45, 2.75) is 6.42 Å². The number of nitrogens with two attached hydrogens (primary N) is 1. The molecule has 160 valence electrons. The SMILES string of the molecule is CN1CCN(c2ccc(Nc3cc(Cc4ccc(Cl)cc4)cnc3C(N)=O)cc2)CC1. The number of amides is 1. The lowest BCUT2D eigenvalue weighted by Crippen LogP contribution is -2.44. The molecule has 0 saturated carbocycles. The molecule has 6 nitrogen and oxygen atoms in total. The zero-order valence-electron chi connectivity index (χ0n) is 17.5. The van der Waals surface area contributed by atoms with Crippen molar-refractivity contribution in [3.63, 3.8) is 0 Å². The number of piperazine rings is 1. The first-order valence-corrected chi connectivity index (χ1v) is 10.7. The highest BCUT2D eigenvalue weighted by molar-refractivity contribution is 6.30. The normalized spacial score (nSPS) is 14.5. The molecule has 1 aliphatic heterocycles. The Labute approximate surface area is 187 Å². The number of primary amides is 1. The monoisotopic (exact) mass is 435 g/mol. The predicted octanol–water partition coefficient (Wildman–Crippen LogP) is 3.92. The topological polar surface area (TPSA) is 74.5 Å². The number of rotatable bonds is 6. The smallest absolute Gasteiger partial charge is 0.269 e. The van der Waals surface area contributed by atoms with E-state index in [0.717, 1.165) is 43.0 Å². The van der Waals surface area contributed by atoms with Gasteiger partial charge in [-0.1, -0.05) is 23.7 Å². The van der Waals surface area contributed by atoms with Gasteiger partial charge in [-0.25, -0.2) is 4.98 Å². The number of carbonyl (C=O) groups excluding carboxylic acids is 1. The summed E-state index contributed by atoms with van der Waals surface area (Å²) in [5.41, 5.74) is 10.5. The van der Waals surface area contributed by atoms with Crippen molar-refractivity contribution in [2.75, 3.05) is 43.4 Å². The second-order valence-corrected chi connectivity index (χ2v) is 8.31. The fourth-order valence-electron chi connectivity index (χ4n) is 3.71. The summed E-state index contributed by atoms with van der Waals surface area (Å²) in [6, 6.07) is 17.9. The lowest BCUT2D eigenvalue weighted by molar-refractivity contribution is 0.0996. The van der Waals surface area contributed by atoms with Gasteiger partial charge < -0.3 is 20.9 Å². The molecule has 1 fully saturated rings. The molecular formula is C24H26ClN5O. The van der Waals surface area contributed by atoms with Gasteiger partial charge in [0, 0.05) is 48.8 Å². The van der Waals surface area contributed by atoms with Crippen LogP contribution in [0.3, 0.4) is 0 Å². The minimum Gasteiger partial charge on any atom is -0.369 e. The summed E-state index contributed by atoms with van der Waals surface area (Å²) >= 11 is 5.97. The van der Waals surface area contributed by atoms with Crippen LogP contribution in [-0.4, -0.2) is 49.0 Å². The van der Waals surface area contributed by atoms with Gasteiger partial charge in [0.25, 0.3) is 5.91 Å². The quantitative estimate of drug-likeness (QED) is 0.613. The van der Waals surface area contributed by atoms with Crippen LogP contribution in [0, 0.1) is 0 Å². The molecular weight excluding hydrogens is 410 g/mol. The Hall–Kier alpha value is -3.09. The van der Waals surface area contributed by atoms with Crippen LogP contribution in [0.5, 0.6) is 0 Å². The number of halogens is 1. The van der Waals surface area contributed by atoms with Crippen LogP contribution < -0.4 is 16.0 Å². The minimum atomic E-state index is -0.561. The Balaban J connectivity index is 1.52. The Bertz CT molecular complexity index is 1040.